The van der Waals surface area contributed by atoms with Crippen LogP contribution in [0.3, 0.4) is 0 Å². The van der Waals surface area contributed by atoms with Crippen molar-refractivity contribution in [3.8, 4) is 22.3 Å². The monoisotopic (exact) mass is 304 g/mol. The van der Waals surface area contributed by atoms with Gasteiger partial charge in [0.2, 0.25) is 0 Å². The fourth-order valence-electron chi connectivity index (χ4n) is 2.26. The van der Waals surface area contributed by atoms with Crippen molar-refractivity contribution in [2.75, 3.05) is 0 Å². The molecule has 0 fully saturated rings. The van der Waals surface area contributed by atoms with Crippen LogP contribution >= 0.6 is 0 Å². The summed E-state index contributed by atoms with van der Waals surface area (Å²) in [6.45, 7) is 0. The van der Waals surface area contributed by atoms with Crippen molar-refractivity contribution in [3.63, 3.8) is 0 Å². The molecule has 4 aromatic rings. The van der Waals surface area contributed by atoms with E-state index < -0.39 is 0 Å². The SMILES string of the molecule is [c]1cccc(-c2[c]cccc2)c1.[c]1ccccc1-c1[c]cccc1. The normalized spacial score (nSPS) is 9.67. The van der Waals surface area contributed by atoms with Gasteiger partial charge in [-0.1, -0.05) is 91.0 Å². The second-order valence-electron chi connectivity index (χ2n) is 5.12. The average Bonchev–Trinajstić information content (AvgIpc) is 2.71. The van der Waals surface area contributed by atoms with Crippen molar-refractivity contribution < 1.29 is 0 Å². The van der Waals surface area contributed by atoms with Crippen LogP contribution in [-0.2, 0) is 0 Å². The lowest BCUT2D eigenvalue weighted by Crippen LogP contribution is -1.74. The molecule has 0 bridgehead atoms. The molecule has 0 saturated carbocycles. The Balaban J connectivity index is 0.000000141. The van der Waals surface area contributed by atoms with Gasteiger partial charge < -0.3 is 0 Å². The van der Waals surface area contributed by atoms with Crippen molar-refractivity contribution in [3.05, 3.63) is 121 Å². The minimum Gasteiger partial charge on any atom is -0.0616 e. The van der Waals surface area contributed by atoms with Gasteiger partial charge >= 0.3 is 0 Å². The summed E-state index contributed by atoms with van der Waals surface area (Å²) in [5.74, 6) is 0. The second-order valence-corrected chi connectivity index (χ2v) is 5.12. The molecular weight excluding hydrogens is 288 g/mol. The highest BCUT2D eigenvalue weighted by Crippen LogP contribution is 2.17. The summed E-state index contributed by atoms with van der Waals surface area (Å²) in [6.07, 6.45) is 0. The Morgan fingerprint density at radius 1 is 0.458 bits per heavy atom. The fraction of sp³-hybridized carbons (Fsp3) is 0. The van der Waals surface area contributed by atoms with Gasteiger partial charge in [0.15, 0.2) is 0 Å². The largest absolute Gasteiger partial charge is 0.0616 e. The molecule has 0 aliphatic carbocycles. The first-order valence-corrected chi connectivity index (χ1v) is 7.80. The smallest absolute Gasteiger partial charge is 0.00990 e. The zero-order chi connectivity index (χ0) is 16.5. The Kier molecular flexibility index (Phi) is 5.58. The van der Waals surface area contributed by atoms with E-state index in [0.29, 0.717) is 0 Å². The summed E-state index contributed by atoms with van der Waals surface area (Å²) in [6, 6.07) is 44.2. The van der Waals surface area contributed by atoms with Crippen LogP contribution in [0.5, 0.6) is 0 Å². The van der Waals surface area contributed by atoms with Crippen molar-refractivity contribution >= 4 is 0 Å². The van der Waals surface area contributed by atoms with Gasteiger partial charge in [-0.15, -0.1) is 0 Å². The average molecular weight is 304 g/mol. The summed E-state index contributed by atoms with van der Waals surface area (Å²) in [5, 5.41) is 0. The van der Waals surface area contributed by atoms with Gasteiger partial charge in [-0.05, 0) is 52.6 Å². The van der Waals surface area contributed by atoms with Crippen LogP contribution in [0.25, 0.3) is 22.3 Å². The molecule has 4 rings (SSSR count). The molecule has 4 radical (unpaired) electrons. The zero-order valence-electron chi connectivity index (χ0n) is 13.2. The van der Waals surface area contributed by atoms with Gasteiger partial charge in [-0.25, -0.2) is 0 Å². The highest BCUT2D eigenvalue weighted by molar-refractivity contribution is 5.62. The standard InChI is InChI=1S/2C12H8/c2*1-3-7-11(8-4-1)12-9-5-2-6-10-12/h1-5,7,9-10H;1-7,9H. The summed E-state index contributed by atoms with van der Waals surface area (Å²) in [4.78, 5) is 0. The van der Waals surface area contributed by atoms with Crippen molar-refractivity contribution in [2.45, 2.75) is 0 Å². The van der Waals surface area contributed by atoms with Gasteiger partial charge in [-0.2, -0.15) is 0 Å². The molecular formula is C24H16. The highest BCUT2D eigenvalue weighted by Gasteiger charge is 1.93. The van der Waals surface area contributed by atoms with E-state index in [9.17, 15) is 0 Å². The lowest BCUT2D eigenvalue weighted by Gasteiger charge is -1.97. The molecule has 0 aliphatic heterocycles. The van der Waals surface area contributed by atoms with Gasteiger partial charge in [0.1, 0.15) is 0 Å². The summed E-state index contributed by atoms with van der Waals surface area (Å²) in [5.41, 5.74) is 4.48. The molecule has 0 N–H and O–H groups in total. The minimum atomic E-state index is 1.10. The summed E-state index contributed by atoms with van der Waals surface area (Å²) < 4.78 is 0. The van der Waals surface area contributed by atoms with Crippen LogP contribution in [0, 0.1) is 24.3 Å². The molecule has 0 nitrogen and oxygen atoms in total. The van der Waals surface area contributed by atoms with E-state index in [2.05, 4.69) is 30.3 Å². The van der Waals surface area contributed by atoms with Gasteiger partial charge in [0.05, 0.1) is 0 Å². The molecule has 0 heterocycles. The Hall–Kier alpha value is -3.12. The Bertz CT molecular complexity index is 670. The number of hydrogen-bond donors (Lipinski definition) is 0. The van der Waals surface area contributed by atoms with Gasteiger partial charge in [0, 0.05) is 0 Å². The van der Waals surface area contributed by atoms with Crippen molar-refractivity contribution in [1.82, 2.24) is 0 Å². The van der Waals surface area contributed by atoms with E-state index in [0.717, 1.165) is 22.3 Å². The molecule has 0 saturated heterocycles. The minimum absolute atomic E-state index is 1.10. The predicted molar refractivity (Wildman–Crippen MR) is 99.1 cm³/mol. The number of hydrogen-bond acceptors (Lipinski definition) is 0. The molecule has 24 heavy (non-hydrogen) atoms. The summed E-state index contributed by atoms with van der Waals surface area (Å²) in [7, 11) is 0. The van der Waals surface area contributed by atoms with Crippen LogP contribution in [0.4, 0.5) is 0 Å². The first kappa shape index (κ1) is 15.8. The van der Waals surface area contributed by atoms with E-state index in [-0.39, 0.29) is 0 Å². The third-order valence-electron chi connectivity index (χ3n) is 3.44. The molecule has 0 aromatic heterocycles. The molecule has 0 aliphatic rings. The van der Waals surface area contributed by atoms with E-state index in [4.69, 9.17) is 0 Å². The predicted octanol–water partition coefficient (Wildman–Crippen LogP) is 5.91. The van der Waals surface area contributed by atoms with Crippen LogP contribution in [0.1, 0.15) is 0 Å². The molecule has 4 aromatic carbocycles. The van der Waals surface area contributed by atoms with Gasteiger partial charge in [0.25, 0.3) is 0 Å². The Morgan fingerprint density at radius 2 is 1.00 bits per heavy atom. The van der Waals surface area contributed by atoms with Crippen molar-refractivity contribution in [2.24, 2.45) is 0 Å². The van der Waals surface area contributed by atoms with E-state index in [1.807, 2.05) is 91.0 Å². The lowest BCUT2D eigenvalue weighted by molar-refractivity contribution is 1.60. The first-order valence-electron chi connectivity index (χ1n) is 7.80. The van der Waals surface area contributed by atoms with Crippen molar-refractivity contribution in [1.29, 1.82) is 0 Å². The Morgan fingerprint density at radius 3 is 1.42 bits per heavy atom. The third kappa shape index (κ3) is 4.44. The number of rotatable bonds is 2. The quantitative estimate of drug-likeness (QED) is 0.432. The molecule has 0 heteroatoms. The third-order valence-corrected chi connectivity index (χ3v) is 3.44. The molecule has 0 atom stereocenters. The van der Waals surface area contributed by atoms with E-state index >= 15 is 0 Å². The second kappa shape index (κ2) is 8.50. The maximum Gasteiger partial charge on any atom is -0.00990 e. The molecule has 0 unspecified atom stereocenters. The van der Waals surface area contributed by atoms with Crippen LogP contribution in [0.15, 0.2) is 97.1 Å². The highest BCUT2D eigenvalue weighted by atomic mass is 14.0. The van der Waals surface area contributed by atoms with E-state index in [1.165, 1.54) is 0 Å². The van der Waals surface area contributed by atoms with Crippen LogP contribution < -0.4 is 0 Å². The summed E-state index contributed by atoms with van der Waals surface area (Å²) >= 11 is 0. The Labute approximate surface area is 144 Å². The van der Waals surface area contributed by atoms with E-state index in [1.54, 1.807) is 0 Å². The molecule has 0 amide bonds. The van der Waals surface area contributed by atoms with Crippen LogP contribution in [0.2, 0.25) is 0 Å². The van der Waals surface area contributed by atoms with Crippen LogP contribution in [-0.4, -0.2) is 0 Å². The molecule has 112 valence electrons. The fourth-order valence-corrected chi connectivity index (χ4v) is 2.26. The maximum atomic E-state index is 3.16. The maximum absolute atomic E-state index is 3.16. The topological polar surface area (TPSA) is 0 Å². The first-order chi connectivity index (χ1) is 11.9. The number of benzene rings is 4. The van der Waals surface area contributed by atoms with Gasteiger partial charge in [-0.3, -0.25) is 0 Å². The molecule has 0 spiro atoms. The zero-order valence-corrected chi connectivity index (χ0v) is 13.2. The lowest BCUT2D eigenvalue weighted by atomic mass is 10.1.